The molecule has 60 heavy (non-hydrogen) atoms. The van der Waals surface area contributed by atoms with Crippen LogP contribution < -0.4 is 29.6 Å². The number of ether oxygens (including phenoxy) is 4. The van der Waals surface area contributed by atoms with Crippen LogP contribution in [0.25, 0.3) is 10.8 Å². The van der Waals surface area contributed by atoms with Crippen molar-refractivity contribution in [2.45, 2.75) is 113 Å². The zero-order valence-corrected chi connectivity index (χ0v) is 35.0. The van der Waals surface area contributed by atoms with Gasteiger partial charge in [0, 0.05) is 23.8 Å². The number of halogens is 4. The summed E-state index contributed by atoms with van der Waals surface area (Å²) in [5.74, 6) is -3.40. The zero-order chi connectivity index (χ0) is 44.0. The van der Waals surface area contributed by atoms with E-state index in [1.54, 1.807) is 43.3 Å². The largest absolute Gasteiger partial charge is 0.497 e. The number of alkyl halides is 4. The van der Waals surface area contributed by atoms with E-state index in [-0.39, 0.29) is 49.9 Å². The predicted octanol–water partition coefficient (Wildman–Crippen LogP) is 4.87. The first-order valence-electron chi connectivity index (χ1n) is 19.8. The molecule has 7 unspecified atom stereocenters. The molecular formula is C40H51F4N5O10S. The molecule has 0 spiro atoms. The van der Waals surface area contributed by atoms with Gasteiger partial charge in [-0.25, -0.2) is 17.6 Å². The lowest BCUT2D eigenvalue weighted by atomic mass is 9.88. The molecule has 15 nitrogen and oxygen atoms in total. The van der Waals surface area contributed by atoms with Crippen LogP contribution in [-0.4, -0.2) is 110 Å². The summed E-state index contributed by atoms with van der Waals surface area (Å²) in [4.78, 5) is 62.0. The van der Waals surface area contributed by atoms with Gasteiger partial charge in [0.05, 0.1) is 20.8 Å². The lowest BCUT2D eigenvalue weighted by molar-refractivity contribution is -0.244. The molecule has 20 heteroatoms. The predicted molar refractivity (Wildman–Crippen MR) is 208 cm³/mol. The Morgan fingerprint density at radius 1 is 1.07 bits per heavy atom. The number of hydrogen-bond acceptors (Lipinski definition) is 11. The van der Waals surface area contributed by atoms with Gasteiger partial charge in [-0.1, -0.05) is 26.0 Å². The lowest BCUT2D eigenvalue weighted by Gasteiger charge is -2.34. The molecule has 4 aliphatic rings. The number of hydrogen-bond donors (Lipinski definition) is 3. The second kappa shape index (κ2) is 16.5. The summed E-state index contributed by atoms with van der Waals surface area (Å²) in [5.41, 5.74) is -4.70. The fourth-order valence-corrected chi connectivity index (χ4v) is 9.28. The maximum atomic E-state index is 14.8. The van der Waals surface area contributed by atoms with Crippen molar-refractivity contribution in [3.63, 3.8) is 0 Å². The van der Waals surface area contributed by atoms with Crippen LogP contribution in [0.4, 0.5) is 22.4 Å². The van der Waals surface area contributed by atoms with Gasteiger partial charge in [0.2, 0.25) is 39.2 Å². The number of allylic oxidation sites excluding steroid dienone is 1. The van der Waals surface area contributed by atoms with Crippen LogP contribution in [0.5, 0.6) is 17.5 Å². The number of carbonyl (C=O) groups excluding carboxylic acids is 4. The van der Waals surface area contributed by atoms with E-state index >= 15 is 0 Å². The number of pyridine rings is 1. The highest BCUT2D eigenvalue weighted by Gasteiger charge is 2.64. The number of nitrogens with one attached hydrogen (secondary N) is 3. The number of amides is 4. The van der Waals surface area contributed by atoms with Gasteiger partial charge in [-0.05, 0) is 87.8 Å². The molecule has 3 heterocycles. The van der Waals surface area contributed by atoms with Crippen LogP contribution in [0, 0.1) is 17.8 Å². The summed E-state index contributed by atoms with van der Waals surface area (Å²) in [5, 5.41) is 6.22. The fraction of sp³-hybridized carbons (Fsp3) is 0.625. The number of sulfonamides is 1. The van der Waals surface area contributed by atoms with Crippen molar-refractivity contribution in [2.75, 3.05) is 27.4 Å². The standard InChI is InChI=1S/C40H51F4N5O10S/c1-22-9-7-8-10-25-19-39(25,35(52)48-60(54,55)38(21-41)13-14-38)47-32(50)29-18-27(58-33-28-12-11-26(56-5)16-24(28)17-30(45-33)57-6)20-49(29)34(51)31(23(2)15-22)46-36(53)59-37(3,4)40(42,43)44/h8,10-12,16-17,22-23,25,27,29,31H,7,9,13-15,18-21H2,1-6H3,(H,46,53)(H,47,50)(H,48,52). The third kappa shape index (κ3) is 8.93. The Labute approximate surface area is 345 Å². The van der Waals surface area contributed by atoms with Gasteiger partial charge in [-0.2, -0.15) is 18.2 Å². The van der Waals surface area contributed by atoms with Crippen molar-refractivity contribution in [1.29, 1.82) is 0 Å². The fourth-order valence-electron chi connectivity index (χ4n) is 7.86. The van der Waals surface area contributed by atoms with Gasteiger partial charge in [0.1, 0.15) is 40.9 Å². The Hall–Kier alpha value is -4.88. The quantitative estimate of drug-likeness (QED) is 0.218. The van der Waals surface area contributed by atoms with Gasteiger partial charge in [-0.3, -0.25) is 19.1 Å². The summed E-state index contributed by atoms with van der Waals surface area (Å²) in [6.07, 6.45) is -2.67. The van der Waals surface area contributed by atoms with E-state index in [4.69, 9.17) is 18.9 Å². The maximum absolute atomic E-state index is 14.8. The highest BCUT2D eigenvalue weighted by Crippen LogP contribution is 2.48. The molecule has 330 valence electrons. The summed E-state index contributed by atoms with van der Waals surface area (Å²) < 4.78 is 104. The Morgan fingerprint density at radius 2 is 1.78 bits per heavy atom. The molecule has 2 aromatic rings. The first kappa shape index (κ1) is 44.7. The molecule has 3 N–H and O–H groups in total. The third-order valence-electron chi connectivity index (χ3n) is 12.0. The highest BCUT2D eigenvalue weighted by molar-refractivity contribution is 7.91. The number of alkyl carbamates (subject to hydrolysis) is 1. The number of aromatic nitrogens is 1. The van der Waals surface area contributed by atoms with Crippen LogP contribution in [0.15, 0.2) is 36.4 Å². The third-order valence-corrected chi connectivity index (χ3v) is 14.1. The van der Waals surface area contributed by atoms with Crippen LogP contribution in [0.3, 0.4) is 0 Å². The van der Waals surface area contributed by atoms with Crippen molar-refractivity contribution in [3.05, 3.63) is 36.4 Å². The van der Waals surface area contributed by atoms with Crippen LogP contribution >= 0.6 is 0 Å². The van der Waals surface area contributed by atoms with E-state index < -0.39 is 92.6 Å². The van der Waals surface area contributed by atoms with Crippen molar-refractivity contribution < 1.29 is 64.1 Å². The normalized spacial score (nSPS) is 28.3. The average Bonchev–Trinajstić information content (AvgIpc) is 4.08. The molecule has 1 aromatic carbocycles. The second-order valence-corrected chi connectivity index (χ2v) is 19.0. The number of carbonyl (C=O) groups is 4. The molecule has 4 amide bonds. The lowest BCUT2D eigenvalue weighted by Crippen LogP contribution is -2.60. The van der Waals surface area contributed by atoms with E-state index in [1.807, 2.05) is 11.6 Å². The van der Waals surface area contributed by atoms with Crippen molar-refractivity contribution in [1.82, 2.24) is 25.2 Å². The molecule has 7 atom stereocenters. The van der Waals surface area contributed by atoms with Gasteiger partial charge in [0.15, 0.2) is 0 Å². The van der Waals surface area contributed by atoms with E-state index in [9.17, 15) is 45.2 Å². The van der Waals surface area contributed by atoms with E-state index in [2.05, 4.69) is 15.6 Å². The number of rotatable bonds is 10. The van der Waals surface area contributed by atoms with E-state index in [0.29, 0.717) is 49.6 Å². The molecule has 6 rings (SSSR count). The SMILES string of the molecule is COc1ccc2c(OC3CC4C(=O)NC5(C(=O)NS(=O)(=O)C6(CF)CC6)CC5C=CCCC(C)CC(C)C(NC(=O)OC(C)(C)C(F)(F)F)C(=O)N4C3)nc(OC)cc2c1. The van der Waals surface area contributed by atoms with Gasteiger partial charge in [0.25, 0.3) is 5.91 Å². The van der Waals surface area contributed by atoms with Crippen LogP contribution in [0.1, 0.15) is 72.6 Å². The minimum absolute atomic E-state index is 0.000590. The van der Waals surface area contributed by atoms with E-state index in [0.717, 1.165) is 4.90 Å². The van der Waals surface area contributed by atoms with Crippen molar-refractivity contribution in [3.8, 4) is 17.5 Å². The molecule has 1 aromatic heterocycles. The monoisotopic (exact) mass is 869 g/mol. The van der Waals surface area contributed by atoms with Crippen LogP contribution in [-0.2, 0) is 29.1 Å². The molecular weight excluding hydrogens is 819 g/mol. The van der Waals surface area contributed by atoms with Gasteiger partial charge in [-0.15, -0.1) is 0 Å². The zero-order valence-electron chi connectivity index (χ0n) is 34.2. The molecule has 2 aliphatic heterocycles. The summed E-state index contributed by atoms with van der Waals surface area (Å²) in [6, 6.07) is 3.86. The molecule has 3 fully saturated rings. The Bertz CT molecular complexity index is 2140. The first-order chi connectivity index (χ1) is 28.1. The second-order valence-electron chi connectivity index (χ2n) is 16.9. The molecule has 0 bridgehead atoms. The van der Waals surface area contributed by atoms with Gasteiger partial charge >= 0.3 is 12.3 Å². The van der Waals surface area contributed by atoms with Crippen molar-refractivity contribution in [2.24, 2.45) is 17.8 Å². The molecule has 2 saturated carbocycles. The number of benzene rings is 1. The molecule has 1 saturated heterocycles. The smallest absolute Gasteiger partial charge is 0.427 e. The maximum Gasteiger partial charge on any atom is 0.427 e. The summed E-state index contributed by atoms with van der Waals surface area (Å²) in [7, 11) is -1.57. The Kier molecular flexibility index (Phi) is 12.3. The molecule has 2 aliphatic carbocycles. The molecule has 0 radical (unpaired) electrons. The topological polar surface area (TPSA) is 192 Å². The van der Waals surface area contributed by atoms with E-state index in [1.165, 1.54) is 14.2 Å². The summed E-state index contributed by atoms with van der Waals surface area (Å²) >= 11 is 0. The first-order valence-corrected chi connectivity index (χ1v) is 21.2. The van der Waals surface area contributed by atoms with Gasteiger partial charge < -0.3 is 34.5 Å². The number of fused-ring (bicyclic) bond motifs is 3. The number of methoxy groups -OCH3 is 2. The average molecular weight is 870 g/mol. The summed E-state index contributed by atoms with van der Waals surface area (Å²) in [6.45, 7) is 3.42. The minimum Gasteiger partial charge on any atom is -0.497 e. The minimum atomic E-state index is -4.94. The number of nitrogens with zero attached hydrogens (tertiary/aromatic N) is 2. The van der Waals surface area contributed by atoms with Crippen molar-refractivity contribution >= 4 is 44.6 Å². The highest BCUT2D eigenvalue weighted by atomic mass is 32.2. The van der Waals surface area contributed by atoms with Crippen LogP contribution in [0.2, 0.25) is 0 Å². The Balaban J connectivity index is 1.37. The Morgan fingerprint density at radius 3 is 2.42 bits per heavy atom.